The summed E-state index contributed by atoms with van der Waals surface area (Å²) in [5.74, 6) is 6.22. The van der Waals surface area contributed by atoms with E-state index in [2.05, 4.69) is 23.7 Å². The molecule has 2 unspecified atom stereocenters. The number of aromatic nitrogens is 1. The summed E-state index contributed by atoms with van der Waals surface area (Å²) in [4.78, 5) is 18.8. The van der Waals surface area contributed by atoms with Crippen molar-refractivity contribution in [2.24, 2.45) is 11.7 Å². The summed E-state index contributed by atoms with van der Waals surface area (Å²) in [7, 11) is 1.88. The Balaban J connectivity index is 2.23. The second kappa shape index (κ2) is 7.24. The van der Waals surface area contributed by atoms with E-state index >= 15 is 0 Å². The number of amides is 1. The van der Waals surface area contributed by atoms with E-state index in [1.54, 1.807) is 12.3 Å². The molecule has 0 saturated heterocycles. The second-order valence-corrected chi connectivity index (χ2v) is 5.65. The molecule has 21 heavy (non-hydrogen) atoms. The lowest BCUT2D eigenvalue weighted by atomic mass is 9.85. The molecule has 0 bridgehead atoms. The van der Waals surface area contributed by atoms with E-state index in [1.165, 1.54) is 19.3 Å². The molecule has 1 aliphatic carbocycles. The van der Waals surface area contributed by atoms with Gasteiger partial charge in [0.05, 0.1) is 12.1 Å². The summed E-state index contributed by atoms with van der Waals surface area (Å²) < 4.78 is 0. The van der Waals surface area contributed by atoms with Gasteiger partial charge in [-0.2, -0.15) is 0 Å². The minimum Gasteiger partial charge on any atom is -0.337 e. The van der Waals surface area contributed by atoms with Crippen molar-refractivity contribution >= 4 is 5.91 Å². The highest BCUT2D eigenvalue weighted by Crippen LogP contribution is 2.28. The monoisotopic (exact) mass is 285 g/mol. The lowest BCUT2D eigenvalue weighted by Crippen LogP contribution is -2.43. The predicted octanol–water partition coefficient (Wildman–Crippen LogP) is 2.04. The Labute approximate surface area is 126 Å². The van der Waals surface area contributed by atoms with Crippen LogP contribution < -0.4 is 5.73 Å². The molecule has 0 spiro atoms. The SMILES string of the molecule is CC1CCCCC1N(C)C(=O)c1ncccc1C#CCN. The first-order valence-corrected chi connectivity index (χ1v) is 7.56. The van der Waals surface area contributed by atoms with Gasteiger partial charge < -0.3 is 10.6 Å². The Morgan fingerprint density at radius 3 is 2.95 bits per heavy atom. The van der Waals surface area contributed by atoms with Gasteiger partial charge in [0, 0.05) is 19.3 Å². The molecule has 2 atom stereocenters. The number of rotatable bonds is 2. The zero-order chi connectivity index (χ0) is 15.2. The van der Waals surface area contributed by atoms with E-state index in [0.717, 1.165) is 6.42 Å². The second-order valence-electron chi connectivity index (χ2n) is 5.65. The van der Waals surface area contributed by atoms with Gasteiger partial charge in [0.1, 0.15) is 5.69 Å². The third kappa shape index (κ3) is 3.62. The Kier molecular flexibility index (Phi) is 5.35. The van der Waals surface area contributed by atoms with Crippen molar-refractivity contribution in [3.8, 4) is 11.8 Å². The van der Waals surface area contributed by atoms with Gasteiger partial charge in [0.25, 0.3) is 5.91 Å². The van der Waals surface area contributed by atoms with Crippen molar-refractivity contribution < 1.29 is 4.79 Å². The van der Waals surface area contributed by atoms with Crippen LogP contribution in [0.15, 0.2) is 18.3 Å². The van der Waals surface area contributed by atoms with Gasteiger partial charge in [0.15, 0.2) is 0 Å². The fourth-order valence-electron chi connectivity index (χ4n) is 3.01. The maximum atomic E-state index is 12.7. The topological polar surface area (TPSA) is 59.2 Å². The van der Waals surface area contributed by atoms with Gasteiger partial charge in [-0.25, -0.2) is 4.98 Å². The van der Waals surface area contributed by atoms with Crippen LogP contribution in [-0.2, 0) is 0 Å². The number of pyridine rings is 1. The first-order valence-electron chi connectivity index (χ1n) is 7.56. The number of carbonyl (C=O) groups excluding carboxylic acids is 1. The van der Waals surface area contributed by atoms with E-state index in [0.29, 0.717) is 23.2 Å². The Hall–Kier alpha value is -1.86. The molecule has 1 saturated carbocycles. The molecule has 1 fully saturated rings. The van der Waals surface area contributed by atoms with E-state index in [-0.39, 0.29) is 12.5 Å². The van der Waals surface area contributed by atoms with E-state index < -0.39 is 0 Å². The predicted molar refractivity (Wildman–Crippen MR) is 83.7 cm³/mol. The molecule has 112 valence electrons. The van der Waals surface area contributed by atoms with Gasteiger partial charge in [-0.05, 0) is 30.9 Å². The summed E-state index contributed by atoms with van der Waals surface area (Å²) in [5.41, 5.74) is 6.49. The van der Waals surface area contributed by atoms with Crippen molar-refractivity contribution in [3.63, 3.8) is 0 Å². The van der Waals surface area contributed by atoms with Crippen LogP contribution in [0.5, 0.6) is 0 Å². The number of nitrogens with two attached hydrogens (primary N) is 1. The minimum absolute atomic E-state index is 0.0457. The molecule has 1 heterocycles. The van der Waals surface area contributed by atoms with Crippen molar-refractivity contribution in [3.05, 3.63) is 29.6 Å². The van der Waals surface area contributed by atoms with Gasteiger partial charge in [-0.1, -0.05) is 31.6 Å². The minimum atomic E-state index is -0.0457. The van der Waals surface area contributed by atoms with Crippen LogP contribution in [0.25, 0.3) is 0 Å². The van der Waals surface area contributed by atoms with E-state index in [1.807, 2.05) is 18.0 Å². The van der Waals surface area contributed by atoms with E-state index in [4.69, 9.17) is 5.73 Å². The summed E-state index contributed by atoms with van der Waals surface area (Å²) in [5, 5.41) is 0. The summed E-state index contributed by atoms with van der Waals surface area (Å²) in [6.07, 6.45) is 6.34. The molecule has 1 aliphatic rings. The zero-order valence-electron chi connectivity index (χ0n) is 12.8. The van der Waals surface area contributed by atoms with Crippen molar-refractivity contribution in [1.82, 2.24) is 9.88 Å². The maximum absolute atomic E-state index is 12.7. The first kappa shape index (κ1) is 15.5. The van der Waals surface area contributed by atoms with Crippen LogP contribution in [0.1, 0.15) is 48.7 Å². The molecule has 1 aromatic heterocycles. The lowest BCUT2D eigenvalue weighted by molar-refractivity contribution is 0.0623. The highest BCUT2D eigenvalue weighted by molar-refractivity contribution is 5.94. The van der Waals surface area contributed by atoms with E-state index in [9.17, 15) is 4.79 Å². The normalized spacial score (nSPS) is 21.3. The molecule has 4 nitrogen and oxygen atoms in total. The molecule has 1 aromatic rings. The molecular weight excluding hydrogens is 262 g/mol. The lowest BCUT2D eigenvalue weighted by Gasteiger charge is -2.36. The summed E-state index contributed by atoms with van der Waals surface area (Å²) in [6, 6.07) is 3.91. The number of carbonyl (C=O) groups is 1. The Morgan fingerprint density at radius 1 is 1.48 bits per heavy atom. The molecular formula is C17H23N3O. The highest BCUT2D eigenvalue weighted by Gasteiger charge is 2.29. The van der Waals surface area contributed by atoms with Crippen molar-refractivity contribution in [2.75, 3.05) is 13.6 Å². The van der Waals surface area contributed by atoms with Gasteiger partial charge >= 0.3 is 0 Å². The quantitative estimate of drug-likeness (QED) is 0.846. The molecule has 4 heteroatoms. The van der Waals surface area contributed by atoms with Crippen LogP contribution in [0, 0.1) is 17.8 Å². The van der Waals surface area contributed by atoms with Crippen LogP contribution in [0.3, 0.4) is 0 Å². The number of hydrogen-bond donors (Lipinski definition) is 1. The third-order valence-electron chi connectivity index (χ3n) is 4.22. The standard InChI is InChI=1S/C17H23N3O/c1-13-7-3-4-10-15(13)20(2)17(21)16-14(8-5-11-18)9-6-12-19-16/h6,9,12-13,15H,3-4,7,10-11,18H2,1-2H3. The number of hydrogen-bond acceptors (Lipinski definition) is 3. The maximum Gasteiger partial charge on any atom is 0.273 e. The molecule has 0 aromatic carbocycles. The number of nitrogens with zero attached hydrogens (tertiary/aromatic N) is 2. The van der Waals surface area contributed by atoms with Crippen LogP contribution in [0.2, 0.25) is 0 Å². The highest BCUT2D eigenvalue weighted by atomic mass is 16.2. The fourth-order valence-corrected chi connectivity index (χ4v) is 3.01. The largest absolute Gasteiger partial charge is 0.337 e. The summed E-state index contributed by atoms with van der Waals surface area (Å²) >= 11 is 0. The average molecular weight is 285 g/mol. The fraction of sp³-hybridized carbons (Fsp3) is 0.529. The van der Waals surface area contributed by atoms with Crippen LogP contribution in [-0.4, -0.2) is 35.4 Å². The van der Waals surface area contributed by atoms with Crippen molar-refractivity contribution in [2.45, 2.75) is 38.6 Å². The zero-order valence-corrected chi connectivity index (χ0v) is 12.8. The van der Waals surface area contributed by atoms with Crippen molar-refractivity contribution in [1.29, 1.82) is 0 Å². The van der Waals surface area contributed by atoms with Gasteiger partial charge in [-0.3, -0.25) is 4.79 Å². The molecule has 0 radical (unpaired) electrons. The Bertz CT molecular complexity index is 559. The van der Waals surface area contributed by atoms with Crippen LogP contribution >= 0.6 is 0 Å². The van der Waals surface area contributed by atoms with Gasteiger partial charge in [0.2, 0.25) is 0 Å². The Morgan fingerprint density at radius 2 is 2.24 bits per heavy atom. The molecule has 1 amide bonds. The van der Waals surface area contributed by atoms with Gasteiger partial charge in [-0.15, -0.1) is 0 Å². The average Bonchev–Trinajstić information content (AvgIpc) is 2.52. The smallest absolute Gasteiger partial charge is 0.273 e. The molecule has 2 N–H and O–H groups in total. The third-order valence-corrected chi connectivity index (χ3v) is 4.22. The van der Waals surface area contributed by atoms with Crippen LogP contribution in [0.4, 0.5) is 0 Å². The summed E-state index contributed by atoms with van der Waals surface area (Å²) in [6.45, 7) is 2.50. The first-order chi connectivity index (χ1) is 10.1. The molecule has 0 aliphatic heterocycles. The molecule has 2 rings (SSSR count).